The number of ether oxygens (including phenoxy) is 2. The molecule has 0 bridgehead atoms. The average molecular weight is 747 g/mol. The maximum Gasteiger partial charge on any atom is 0.407 e. The maximum atomic E-state index is 15.3. The van der Waals surface area contributed by atoms with E-state index in [2.05, 4.69) is 21.3 Å². The minimum absolute atomic E-state index is 0.0341. The minimum Gasteiger partial charge on any atom is -0.481 e. The lowest BCUT2D eigenvalue weighted by Crippen LogP contribution is -2.53. The first-order valence-electron chi connectivity index (χ1n) is 18.0. The van der Waals surface area contributed by atoms with E-state index in [1.165, 1.54) is 32.9 Å². The summed E-state index contributed by atoms with van der Waals surface area (Å²) in [5.74, 6) is -3.68. The van der Waals surface area contributed by atoms with Gasteiger partial charge in [-0.25, -0.2) is 14.0 Å². The highest BCUT2D eigenvalue weighted by Gasteiger charge is 2.34. The van der Waals surface area contributed by atoms with Crippen molar-refractivity contribution >= 4 is 35.7 Å². The van der Waals surface area contributed by atoms with Crippen LogP contribution in [-0.4, -0.2) is 65.4 Å². The van der Waals surface area contributed by atoms with Crippen LogP contribution in [0.25, 0.3) is 11.1 Å². The zero-order chi connectivity index (χ0) is 40.0. The number of hydrogen-bond acceptors (Lipinski definition) is 7. The van der Waals surface area contributed by atoms with Crippen LogP contribution in [0.2, 0.25) is 0 Å². The van der Waals surface area contributed by atoms with Gasteiger partial charge in [0.05, 0.1) is 11.1 Å². The van der Waals surface area contributed by atoms with Crippen LogP contribution < -0.4 is 21.3 Å². The molecule has 12 nitrogen and oxygen atoms in total. The Morgan fingerprint density at radius 3 is 1.93 bits per heavy atom. The fourth-order valence-corrected chi connectivity index (χ4v) is 6.33. The van der Waals surface area contributed by atoms with Crippen molar-refractivity contribution in [2.75, 3.05) is 11.9 Å². The number of benzene rings is 3. The monoisotopic (exact) mass is 746 g/mol. The molecule has 290 valence electrons. The second-order valence-corrected chi connectivity index (χ2v) is 15.7. The van der Waals surface area contributed by atoms with Gasteiger partial charge >= 0.3 is 18.2 Å². The number of fused-ring (bicyclic) bond motifs is 3. The molecule has 0 unspecified atom stereocenters. The molecule has 0 saturated carbocycles. The molecule has 0 aliphatic heterocycles. The van der Waals surface area contributed by atoms with Crippen LogP contribution in [-0.2, 0) is 30.3 Å². The van der Waals surface area contributed by atoms with Gasteiger partial charge in [0, 0.05) is 12.0 Å². The van der Waals surface area contributed by atoms with Gasteiger partial charge in [0.1, 0.15) is 30.1 Å². The van der Waals surface area contributed by atoms with E-state index in [1.807, 2.05) is 48.5 Å². The summed E-state index contributed by atoms with van der Waals surface area (Å²) in [5, 5.41) is 20.0. The van der Waals surface area contributed by atoms with Crippen LogP contribution in [0.15, 0.2) is 66.7 Å². The topological polar surface area (TPSA) is 172 Å². The molecule has 0 heterocycles. The lowest BCUT2D eigenvalue weighted by molar-refractivity contribution is -0.147. The minimum atomic E-state index is -1.20. The lowest BCUT2D eigenvalue weighted by Gasteiger charge is -2.28. The molecule has 3 aromatic carbocycles. The first-order chi connectivity index (χ1) is 25.3. The average Bonchev–Trinajstić information content (AvgIpc) is 3.39. The smallest absolute Gasteiger partial charge is 0.407 e. The first kappa shape index (κ1) is 41.3. The predicted molar refractivity (Wildman–Crippen MR) is 202 cm³/mol. The molecule has 1 aliphatic carbocycles. The van der Waals surface area contributed by atoms with E-state index >= 15 is 4.39 Å². The van der Waals surface area contributed by atoms with Gasteiger partial charge in [-0.05, 0) is 100 Å². The van der Waals surface area contributed by atoms with Gasteiger partial charge in [-0.3, -0.25) is 14.4 Å². The number of anilines is 1. The zero-order valence-corrected chi connectivity index (χ0v) is 32.0. The fraction of sp³-hybridized carbons (Fsp3) is 0.439. The second-order valence-electron chi connectivity index (χ2n) is 15.7. The molecule has 0 aromatic heterocycles. The van der Waals surface area contributed by atoms with Crippen molar-refractivity contribution in [3.63, 3.8) is 0 Å². The van der Waals surface area contributed by atoms with Gasteiger partial charge in [0.2, 0.25) is 11.8 Å². The third kappa shape index (κ3) is 10.8. The number of carbonyl (C=O) groups excluding carboxylic acids is 4. The number of rotatable bonds is 14. The van der Waals surface area contributed by atoms with Gasteiger partial charge in [-0.1, -0.05) is 68.4 Å². The van der Waals surface area contributed by atoms with Crippen molar-refractivity contribution in [3.8, 4) is 11.1 Å². The van der Waals surface area contributed by atoms with Gasteiger partial charge in [0.25, 0.3) is 0 Å². The molecule has 1 aliphatic rings. The van der Waals surface area contributed by atoms with Crippen LogP contribution in [0.5, 0.6) is 0 Å². The Bertz CT molecular complexity index is 1830. The standard InChI is InChI=1S/C41H51FN4O8/c1-23(2)34(46-38(51)53-22-31-29-15-11-9-13-27(29)28-14-10-12-16-30(28)31)36(48)43-24(3)35(47)45-33-18-17-25(20-32(33)42)19-26(21-41(7,8)37(49)50)44-39(52)54-40(4,5)6/h9-18,20,23-24,26,31,34H,19,21-22H2,1-8H3,(H,43,48)(H,44,52)(H,45,47)(H,46,51)(H,49,50)/t24-,26-,34-/m0/s1. The Labute approximate surface area is 315 Å². The molecule has 0 fully saturated rings. The SMILES string of the molecule is CC(C)[C@H](NC(=O)OCC1c2ccccc2-c2ccccc21)C(=O)N[C@@H](C)C(=O)Nc1ccc(C[C@@H](CC(C)(C)C(=O)O)NC(=O)OC(C)(C)C)cc1F. The predicted octanol–water partition coefficient (Wildman–Crippen LogP) is 6.77. The number of amides is 4. The number of carbonyl (C=O) groups is 5. The van der Waals surface area contributed by atoms with Gasteiger partial charge < -0.3 is 35.8 Å². The summed E-state index contributed by atoms with van der Waals surface area (Å²) in [6.45, 7) is 13.1. The summed E-state index contributed by atoms with van der Waals surface area (Å²) < 4.78 is 26.3. The number of carboxylic acids is 1. The normalized spacial score (nSPS) is 14.2. The molecule has 3 atom stereocenters. The third-order valence-corrected chi connectivity index (χ3v) is 9.15. The Balaban J connectivity index is 1.34. The maximum absolute atomic E-state index is 15.3. The van der Waals surface area contributed by atoms with Crippen LogP contribution in [0, 0.1) is 17.2 Å². The largest absolute Gasteiger partial charge is 0.481 e. The molecule has 4 rings (SSSR count). The first-order valence-corrected chi connectivity index (χ1v) is 18.0. The Hall–Kier alpha value is -5.46. The van der Waals surface area contributed by atoms with E-state index in [4.69, 9.17) is 9.47 Å². The summed E-state index contributed by atoms with van der Waals surface area (Å²) >= 11 is 0. The fourth-order valence-electron chi connectivity index (χ4n) is 6.33. The molecule has 54 heavy (non-hydrogen) atoms. The highest BCUT2D eigenvalue weighted by molar-refractivity contribution is 5.98. The molecular formula is C41H51FN4O8. The Kier molecular flexibility index (Phi) is 13.1. The highest BCUT2D eigenvalue weighted by Crippen LogP contribution is 2.44. The number of nitrogens with one attached hydrogen (secondary N) is 4. The number of aliphatic carboxylic acids is 1. The Morgan fingerprint density at radius 1 is 0.796 bits per heavy atom. The number of halogens is 1. The van der Waals surface area contributed by atoms with Crippen molar-refractivity contribution in [2.45, 2.75) is 97.9 Å². The molecule has 5 N–H and O–H groups in total. The summed E-state index contributed by atoms with van der Waals surface area (Å²) in [4.78, 5) is 63.6. The number of hydrogen-bond donors (Lipinski definition) is 5. The van der Waals surface area contributed by atoms with Gasteiger partial charge in [-0.2, -0.15) is 0 Å². The van der Waals surface area contributed by atoms with Crippen LogP contribution in [0.1, 0.15) is 84.4 Å². The zero-order valence-electron chi connectivity index (χ0n) is 32.0. The summed E-state index contributed by atoms with van der Waals surface area (Å²) in [6, 6.07) is 17.1. The van der Waals surface area contributed by atoms with Crippen molar-refractivity contribution in [1.29, 1.82) is 0 Å². The molecule has 0 spiro atoms. The van der Waals surface area contributed by atoms with E-state index in [9.17, 15) is 29.1 Å². The molecule has 13 heteroatoms. The summed E-state index contributed by atoms with van der Waals surface area (Å²) in [5.41, 5.74) is 2.58. The number of carboxylic acid groups (broad SMARTS) is 1. The van der Waals surface area contributed by atoms with Gasteiger partial charge in [-0.15, -0.1) is 0 Å². The Morgan fingerprint density at radius 2 is 1.39 bits per heavy atom. The summed E-state index contributed by atoms with van der Waals surface area (Å²) in [7, 11) is 0. The summed E-state index contributed by atoms with van der Waals surface area (Å²) in [6.07, 6.45) is -1.39. The quantitative estimate of drug-likeness (QED) is 0.120. The molecule has 0 saturated heterocycles. The van der Waals surface area contributed by atoms with Crippen molar-refractivity contribution in [3.05, 3.63) is 89.2 Å². The lowest BCUT2D eigenvalue weighted by atomic mass is 9.84. The van der Waals surface area contributed by atoms with Crippen LogP contribution in [0.4, 0.5) is 19.7 Å². The van der Waals surface area contributed by atoms with E-state index < -0.39 is 64.9 Å². The third-order valence-electron chi connectivity index (χ3n) is 9.15. The van der Waals surface area contributed by atoms with Crippen LogP contribution in [0.3, 0.4) is 0 Å². The van der Waals surface area contributed by atoms with Crippen molar-refractivity contribution in [1.82, 2.24) is 16.0 Å². The molecular weight excluding hydrogens is 695 g/mol. The van der Waals surface area contributed by atoms with Crippen molar-refractivity contribution in [2.24, 2.45) is 11.3 Å². The van der Waals surface area contributed by atoms with Crippen molar-refractivity contribution < 1.29 is 42.9 Å². The molecule has 4 amide bonds. The van der Waals surface area contributed by atoms with Crippen LogP contribution >= 0.6 is 0 Å². The van der Waals surface area contributed by atoms with E-state index in [1.54, 1.807) is 40.7 Å². The van der Waals surface area contributed by atoms with E-state index in [0.717, 1.165) is 22.3 Å². The second kappa shape index (κ2) is 17.1. The highest BCUT2D eigenvalue weighted by atomic mass is 19.1. The van der Waals surface area contributed by atoms with Gasteiger partial charge in [0.15, 0.2) is 0 Å². The van der Waals surface area contributed by atoms with E-state index in [-0.39, 0.29) is 37.0 Å². The molecule has 0 radical (unpaired) electrons. The number of alkyl carbamates (subject to hydrolysis) is 2. The molecule has 3 aromatic rings. The van der Waals surface area contributed by atoms with E-state index in [0.29, 0.717) is 5.56 Å².